The van der Waals surface area contributed by atoms with Crippen LogP contribution < -0.4 is 0 Å². The van der Waals surface area contributed by atoms with E-state index in [9.17, 15) is 0 Å². The number of ether oxygens (including phenoxy) is 1. The van der Waals surface area contributed by atoms with Crippen molar-refractivity contribution in [3.8, 4) is 6.07 Å². The zero-order valence-electron chi connectivity index (χ0n) is 6.43. The van der Waals surface area contributed by atoms with Gasteiger partial charge < -0.3 is 4.74 Å². The maximum absolute atomic E-state index is 8.85. The van der Waals surface area contributed by atoms with Gasteiger partial charge in [0.25, 0.3) is 0 Å². The van der Waals surface area contributed by atoms with Crippen LogP contribution in [0.5, 0.6) is 0 Å². The maximum atomic E-state index is 8.85. The van der Waals surface area contributed by atoms with E-state index in [4.69, 9.17) is 21.6 Å². The second-order valence-electron chi connectivity index (χ2n) is 3.63. The molecule has 0 aromatic carbocycles. The number of alkyl halides is 1. The van der Waals surface area contributed by atoms with Crippen molar-refractivity contribution in [2.45, 2.75) is 42.8 Å². The van der Waals surface area contributed by atoms with Crippen LogP contribution in [0.2, 0.25) is 0 Å². The molecular weight excluding hydrogens is 162 g/mol. The van der Waals surface area contributed by atoms with Gasteiger partial charge in [0.1, 0.15) is 0 Å². The lowest BCUT2D eigenvalue weighted by atomic mass is 9.80. The molecule has 11 heavy (non-hydrogen) atoms. The van der Waals surface area contributed by atoms with E-state index >= 15 is 0 Å². The van der Waals surface area contributed by atoms with Gasteiger partial charge in [-0.1, -0.05) is 11.6 Å². The first-order chi connectivity index (χ1) is 5.10. The van der Waals surface area contributed by atoms with Gasteiger partial charge in [0, 0.05) is 6.42 Å². The van der Waals surface area contributed by atoms with E-state index in [-0.39, 0.29) is 11.7 Å². The second kappa shape index (κ2) is 1.91. The van der Waals surface area contributed by atoms with Crippen LogP contribution >= 0.6 is 11.6 Å². The minimum Gasteiger partial charge on any atom is -0.369 e. The van der Waals surface area contributed by atoms with E-state index in [0.29, 0.717) is 6.42 Å². The molecule has 0 radical (unpaired) electrons. The van der Waals surface area contributed by atoms with Crippen LogP contribution in [0.1, 0.15) is 26.2 Å². The summed E-state index contributed by atoms with van der Waals surface area (Å²) in [5, 5.41) is 8.85. The Bertz CT molecular complexity index is 237. The molecule has 0 N–H and O–H groups in total. The smallest absolute Gasteiger partial charge is 0.161 e. The van der Waals surface area contributed by atoms with Gasteiger partial charge in [0.05, 0.1) is 17.8 Å². The summed E-state index contributed by atoms with van der Waals surface area (Å²) in [7, 11) is 0. The Morgan fingerprint density at radius 3 is 2.73 bits per heavy atom. The molecule has 2 saturated heterocycles. The van der Waals surface area contributed by atoms with Crippen LogP contribution in [-0.4, -0.2) is 16.6 Å². The zero-order chi connectivity index (χ0) is 8.11. The Kier molecular flexibility index (Phi) is 1.28. The first kappa shape index (κ1) is 7.39. The van der Waals surface area contributed by atoms with E-state index in [1.807, 2.05) is 6.92 Å². The van der Waals surface area contributed by atoms with Crippen molar-refractivity contribution in [3.05, 3.63) is 0 Å². The predicted octanol–water partition coefficient (Wildman–Crippen LogP) is 1.83. The Morgan fingerprint density at radius 2 is 2.45 bits per heavy atom. The molecule has 3 atom stereocenters. The molecule has 2 bridgehead atoms. The van der Waals surface area contributed by atoms with Crippen molar-refractivity contribution in [1.29, 1.82) is 5.26 Å². The number of halogens is 1. The van der Waals surface area contributed by atoms with Crippen LogP contribution in [0.15, 0.2) is 0 Å². The molecule has 0 spiro atoms. The second-order valence-corrected chi connectivity index (χ2v) is 4.27. The third kappa shape index (κ3) is 0.758. The molecule has 2 fully saturated rings. The van der Waals surface area contributed by atoms with Gasteiger partial charge in [-0.3, -0.25) is 0 Å². The summed E-state index contributed by atoms with van der Waals surface area (Å²) in [5.74, 6) is 0. The topological polar surface area (TPSA) is 33.0 Å². The van der Waals surface area contributed by atoms with Gasteiger partial charge in [-0.2, -0.15) is 5.26 Å². The first-order valence-electron chi connectivity index (χ1n) is 3.88. The van der Waals surface area contributed by atoms with E-state index < -0.39 is 4.87 Å². The van der Waals surface area contributed by atoms with Gasteiger partial charge in [-0.15, -0.1) is 0 Å². The minimum absolute atomic E-state index is 0.233. The summed E-state index contributed by atoms with van der Waals surface area (Å²) in [5.41, 5.74) is -0.381. The third-order valence-electron chi connectivity index (χ3n) is 2.89. The van der Waals surface area contributed by atoms with Crippen molar-refractivity contribution in [2.24, 2.45) is 0 Å². The maximum Gasteiger partial charge on any atom is 0.161 e. The van der Waals surface area contributed by atoms with Crippen LogP contribution in [0.25, 0.3) is 0 Å². The molecule has 2 aliphatic heterocycles. The Labute approximate surface area is 71.1 Å². The van der Waals surface area contributed by atoms with Crippen molar-refractivity contribution >= 4 is 11.6 Å². The number of nitriles is 1. The van der Waals surface area contributed by atoms with Gasteiger partial charge in [-0.05, 0) is 19.8 Å². The Balaban J connectivity index is 2.36. The summed E-state index contributed by atoms with van der Waals surface area (Å²) < 4.78 is 5.61. The number of rotatable bonds is 0. The quantitative estimate of drug-likeness (QED) is 0.521. The highest BCUT2D eigenvalue weighted by atomic mass is 35.5. The molecule has 60 valence electrons. The molecule has 0 aromatic heterocycles. The average Bonchev–Trinajstić information content (AvgIpc) is 2.42. The van der Waals surface area contributed by atoms with Crippen LogP contribution in [-0.2, 0) is 4.74 Å². The fourth-order valence-corrected chi connectivity index (χ4v) is 2.36. The summed E-state index contributed by atoms with van der Waals surface area (Å²) in [6.07, 6.45) is 2.92. The molecule has 2 nitrogen and oxygen atoms in total. The lowest BCUT2D eigenvalue weighted by Crippen LogP contribution is -2.42. The largest absolute Gasteiger partial charge is 0.369 e. The Hall–Kier alpha value is -0.260. The third-order valence-corrected chi connectivity index (χ3v) is 3.53. The number of hydrogen-bond acceptors (Lipinski definition) is 2. The highest BCUT2D eigenvalue weighted by Gasteiger charge is 2.60. The van der Waals surface area contributed by atoms with Gasteiger partial charge >= 0.3 is 0 Å². The minimum atomic E-state index is -0.754. The molecule has 1 unspecified atom stereocenters. The van der Waals surface area contributed by atoms with E-state index in [1.54, 1.807) is 0 Å². The lowest BCUT2D eigenvalue weighted by Gasteiger charge is -2.30. The van der Waals surface area contributed by atoms with E-state index in [2.05, 4.69) is 6.07 Å². The normalized spacial score (nSPS) is 54.5. The number of nitrogens with zero attached hydrogens (tertiary/aromatic N) is 1. The fraction of sp³-hybridized carbons (Fsp3) is 0.875. The average molecular weight is 172 g/mol. The van der Waals surface area contributed by atoms with Crippen LogP contribution in [0, 0.1) is 11.3 Å². The predicted molar refractivity (Wildman–Crippen MR) is 41.3 cm³/mol. The van der Waals surface area contributed by atoms with Crippen molar-refractivity contribution < 1.29 is 4.74 Å². The van der Waals surface area contributed by atoms with Gasteiger partial charge in [-0.25, -0.2) is 0 Å². The summed E-state index contributed by atoms with van der Waals surface area (Å²) in [6, 6.07) is 2.15. The molecule has 3 heteroatoms. The molecule has 2 aliphatic rings. The van der Waals surface area contributed by atoms with Crippen LogP contribution in [0.3, 0.4) is 0 Å². The molecule has 2 heterocycles. The number of fused-ring (bicyclic) bond motifs is 2. The Morgan fingerprint density at radius 1 is 1.73 bits per heavy atom. The summed E-state index contributed by atoms with van der Waals surface area (Å²) in [4.78, 5) is -0.754. The van der Waals surface area contributed by atoms with Crippen molar-refractivity contribution in [2.75, 3.05) is 0 Å². The lowest BCUT2D eigenvalue weighted by molar-refractivity contribution is 0.0217. The molecule has 0 amide bonds. The van der Waals surface area contributed by atoms with E-state index in [1.165, 1.54) is 0 Å². The zero-order valence-corrected chi connectivity index (χ0v) is 7.19. The molecular formula is C8H10ClNO. The van der Waals surface area contributed by atoms with Gasteiger partial charge in [0.2, 0.25) is 0 Å². The highest BCUT2D eigenvalue weighted by molar-refractivity contribution is 6.27. The summed E-state index contributed by atoms with van der Waals surface area (Å²) >= 11 is 6.11. The SMILES string of the molecule is C[C@]12CC[C@H](CC1(Cl)C#N)O2. The molecule has 0 aromatic rings. The molecule has 0 saturated carbocycles. The van der Waals surface area contributed by atoms with Crippen LogP contribution in [0.4, 0.5) is 0 Å². The number of hydrogen-bond donors (Lipinski definition) is 0. The van der Waals surface area contributed by atoms with Gasteiger partial charge in [0.15, 0.2) is 4.87 Å². The molecule has 2 rings (SSSR count). The van der Waals surface area contributed by atoms with E-state index in [0.717, 1.165) is 12.8 Å². The monoisotopic (exact) mass is 171 g/mol. The summed E-state index contributed by atoms with van der Waals surface area (Å²) in [6.45, 7) is 1.94. The highest BCUT2D eigenvalue weighted by Crippen LogP contribution is 2.53. The fourth-order valence-electron chi connectivity index (χ4n) is 2.05. The van der Waals surface area contributed by atoms with Crippen molar-refractivity contribution in [3.63, 3.8) is 0 Å². The van der Waals surface area contributed by atoms with Crippen molar-refractivity contribution in [1.82, 2.24) is 0 Å². The molecule has 0 aliphatic carbocycles. The standard InChI is InChI=1S/C8H10ClNO/c1-7-3-2-6(11-7)4-8(7,9)5-10/h6H,2-4H2,1H3/t6-,7+,8?/m1/s1. The first-order valence-corrected chi connectivity index (χ1v) is 4.25.